The van der Waals surface area contributed by atoms with E-state index in [1.165, 1.54) is 0 Å². The minimum atomic E-state index is -0.0169. The molecule has 2 nitrogen and oxygen atoms in total. The minimum absolute atomic E-state index is 0.0169. The summed E-state index contributed by atoms with van der Waals surface area (Å²) in [6.07, 6.45) is 1.33. The van der Waals surface area contributed by atoms with Gasteiger partial charge in [-0.05, 0) is 37.5 Å². The highest BCUT2D eigenvalue weighted by Gasteiger charge is 2.16. The Kier molecular flexibility index (Phi) is 4.69. The molecule has 0 heterocycles. The summed E-state index contributed by atoms with van der Waals surface area (Å²) in [6, 6.07) is 12.9. The molecule has 0 spiro atoms. The maximum atomic E-state index is 12.7. The molecule has 2 heteroatoms. The Bertz CT molecular complexity index is 684. The van der Waals surface area contributed by atoms with Crippen LogP contribution in [0, 0.1) is 13.8 Å². The number of benzene rings is 2. The van der Waals surface area contributed by atoms with E-state index in [1.54, 1.807) is 6.07 Å². The zero-order valence-electron chi connectivity index (χ0n) is 12.8. The molecule has 2 aromatic carbocycles. The molecule has 0 saturated carbocycles. The van der Waals surface area contributed by atoms with Crippen molar-refractivity contribution in [1.29, 1.82) is 0 Å². The van der Waals surface area contributed by atoms with Crippen LogP contribution in [0.2, 0.25) is 0 Å². The lowest BCUT2D eigenvalue weighted by Crippen LogP contribution is -2.08. The summed E-state index contributed by atoms with van der Waals surface area (Å²) in [5, 5.41) is 0. The van der Waals surface area contributed by atoms with Gasteiger partial charge in [0.2, 0.25) is 0 Å². The van der Waals surface area contributed by atoms with Crippen LogP contribution in [0.15, 0.2) is 42.5 Å². The number of ketones is 2. The molecule has 108 valence electrons. The van der Waals surface area contributed by atoms with Crippen molar-refractivity contribution >= 4 is 11.6 Å². The Hall–Kier alpha value is -2.22. The van der Waals surface area contributed by atoms with Gasteiger partial charge in [-0.3, -0.25) is 9.59 Å². The summed E-state index contributed by atoms with van der Waals surface area (Å²) in [5.41, 5.74) is 3.79. The summed E-state index contributed by atoms with van der Waals surface area (Å²) in [7, 11) is 0. The fraction of sp³-hybridized carbons (Fsp3) is 0.263. The lowest BCUT2D eigenvalue weighted by molar-refractivity contribution is 0.0981. The molecule has 0 N–H and O–H groups in total. The molecule has 0 aliphatic carbocycles. The van der Waals surface area contributed by atoms with Crippen molar-refractivity contribution in [2.75, 3.05) is 0 Å². The van der Waals surface area contributed by atoms with Crippen molar-refractivity contribution < 1.29 is 9.59 Å². The van der Waals surface area contributed by atoms with Crippen molar-refractivity contribution in [3.05, 3.63) is 70.3 Å². The van der Waals surface area contributed by atoms with Gasteiger partial charge in [0.25, 0.3) is 0 Å². The fourth-order valence-electron chi connectivity index (χ4n) is 2.38. The first-order valence-corrected chi connectivity index (χ1v) is 7.28. The monoisotopic (exact) mass is 280 g/mol. The largest absolute Gasteiger partial charge is 0.294 e. The van der Waals surface area contributed by atoms with Gasteiger partial charge < -0.3 is 0 Å². The third-order valence-corrected chi connectivity index (χ3v) is 3.67. The molecule has 0 aromatic heterocycles. The van der Waals surface area contributed by atoms with E-state index in [0.29, 0.717) is 23.1 Å². The molecule has 0 fully saturated rings. The van der Waals surface area contributed by atoms with Crippen LogP contribution in [0.25, 0.3) is 0 Å². The number of aryl methyl sites for hydroxylation is 2. The molecule has 2 rings (SSSR count). The van der Waals surface area contributed by atoms with Gasteiger partial charge in [-0.15, -0.1) is 0 Å². The van der Waals surface area contributed by atoms with E-state index >= 15 is 0 Å². The van der Waals surface area contributed by atoms with Crippen LogP contribution in [0.3, 0.4) is 0 Å². The number of Topliss-reactive ketones (excluding diaryl/α,β-unsaturated/α-hetero) is 1. The molecule has 0 atom stereocenters. The Morgan fingerprint density at radius 2 is 1.57 bits per heavy atom. The molecule has 0 unspecified atom stereocenters. The topological polar surface area (TPSA) is 34.1 Å². The SMILES string of the molecule is CCCC(=O)c1ccc(C)c(C(=O)c2ccccc2C)c1. The fourth-order valence-corrected chi connectivity index (χ4v) is 2.38. The minimum Gasteiger partial charge on any atom is -0.294 e. The van der Waals surface area contributed by atoms with E-state index in [1.807, 2.05) is 57.2 Å². The van der Waals surface area contributed by atoms with Crippen molar-refractivity contribution in [2.45, 2.75) is 33.6 Å². The van der Waals surface area contributed by atoms with Crippen molar-refractivity contribution in [1.82, 2.24) is 0 Å². The van der Waals surface area contributed by atoms with E-state index in [9.17, 15) is 9.59 Å². The number of hydrogen-bond donors (Lipinski definition) is 0. The summed E-state index contributed by atoms with van der Waals surface area (Å²) in [6.45, 7) is 5.81. The van der Waals surface area contributed by atoms with Gasteiger partial charge in [0.1, 0.15) is 0 Å². The quantitative estimate of drug-likeness (QED) is 0.755. The standard InChI is InChI=1S/C19H20O2/c1-4-7-18(20)15-11-10-14(3)17(12-15)19(21)16-9-6-5-8-13(16)2/h5-6,8-12H,4,7H2,1-3H3. The van der Waals surface area contributed by atoms with Crippen LogP contribution in [0.1, 0.15) is 57.2 Å². The number of carbonyl (C=O) groups excluding carboxylic acids is 2. The van der Waals surface area contributed by atoms with Gasteiger partial charge in [-0.25, -0.2) is 0 Å². The maximum Gasteiger partial charge on any atom is 0.193 e. The molecule has 0 saturated heterocycles. The Morgan fingerprint density at radius 3 is 2.24 bits per heavy atom. The third-order valence-electron chi connectivity index (χ3n) is 3.67. The number of rotatable bonds is 5. The van der Waals surface area contributed by atoms with Crippen LogP contribution in [0.4, 0.5) is 0 Å². The highest BCUT2D eigenvalue weighted by molar-refractivity contribution is 6.12. The molecule has 0 amide bonds. The summed E-state index contributed by atoms with van der Waals surface area (Å²) in [5.74, 6) is 0.0769. The molecule has 0 radical (unpaired) electrons. The molecule has 0 aliphatic rings. The van der Waals surface area contributed by atoms with Crippen LogP contribution >= 0.6 is 0 Å². The first-order valence-electron chi connectivity index (χ1n) is 7.28. The van der Waals surface area contributed by atoms with Crippen LogP contribution in [0.5, 0.6) is 0 Å². The van der Waals surface area contributed by atoms with Gasteiger partial charge in [-0.1, -0.05) is 43.3 Å². The van der Waals surface area contributed by atoms with E-state index in [-0.39, 0.29) is 11.6 Å². The summed E-state index contributed by atoms with van der Waals surface area (Å²) >= 11 is 0. The van der Waals surface area contributed by atoms with Crippen molar-refractivity contribution in [2.24, 2.45) is 0 Å². The zero-order chi connectivity index (χ0) is 15.4. The van der Waals surface area contributed by atoms with Gasteiger partial charge in [0.15, 0.2) is 11.6 Å². The van der Waals surface area contributed by atoms with Crippen LogP contribution in [-0.4, -0.2) is 11.6 Å². The second-order valence-corrected chi connectivity index (χ2v) is 5.35. The highest BCUT2D eigenvalue weighted by atomic mass is 16.1. The van der Waals surface area contributed by atoms with E-state index < -0.39 is 0 Å². The smallest absolute Gasteiger partial charge is 0.193 e. The Labute approximate surface area is 125 Å². The summed E-state index contributed by atoms with van der Waals surface area (Å²) < 4.78 is 0. The second-order valence-electron chi connectivity index (χ2n) is 5.35. The molecular weight excluding hydrogens is 260 g/mol. The maximum absolute atomic E-state index is 12.7. The second kappa shape index (κ2) is 6.49. The Balaban J connectivity index is 2.44. The normalized spacial score (nSPS) is 10.4. The van der Waals surface area contributed by atoms with Crippen LogP contribution in [-0.2, 0) is 0 Å². The van der Waals surface area contributed by atoms with Gasteiger partial charge in [0, 0.05) is 23.1 Å². The lowest BCUT2D eigenvalue weighted by atomic mass is 9.93. The van der Waals surface area contributed by atoms with Crippen molar-refractivity contribution in [3.63, 3.8) is 0 Å². The van der Waals surface area contributed by atoms with Crippen molar-refractivity contribution in [3.8, 4) is 0 Å². The average molecular weight is 280 g/mol. The summed E-state index contributed by atoms with van der Waals surface area (Å²) in [4.78, 5) is 24.7. The molecular formula is C19H20O2. The first-order chi connectivity index (χ1) is 10.0. The van der Waals surface area contributed by atoms with Gasteiger partial charge in [0.05, 0.1) is 0 Å². The molecule has 2 aromatic rings. The van der Waals surface area contributed by atoms with E-state index in [4.69, 9.17) is 0 Å². The predicted octanol–water partition coefficient (Wildman–Crippen LogP) is 4.52. The number of carbonyl (C=O) groups is 2. The zero-order valence-corrected chi connectivity index (χ0v) is 12.8. The number of hydrogen-bond acceptors (Lipinski definition) is 2. The van der Waals surface area contributed by atoms with E-state index in [0.717, 1.165) is 17.5 Å². The average Bonchev–Trinajstić information content (AvgIpc) is 2.48. The molecule has 0 bridgehead atoms. The Morgan fingerprint density at radius 1 is 0.905 bits per heavy atom. The van der Waals surface area contributed by atoms with Gasteiger partial charge >= 0.3 is 0 Å². The third kappa shape index (κ3) is 3.27. The van der Waals surface area contributed by atoms with E-state index in [2.05, 4.69) is 0 Å². The lowest BCUT2D eigenvalue weighted by Gasteiger charge is -2.09. The first kappa shape index (κ1) is 15.2. The predicted molar refractivity (Wildman–Crippen MR) is 85.0 cm³/mol. The van der Waals surface area contributed by atoms with Gasteiger partial charge in [-0.2, -0.15) is 0 Å². The van der Waals surface area contributed by atoms with Crippen LogP contribution < -0.4 is 0 Å². The molecule has 0 aliphatic heterocycles. The molecule has 21 heavy (non-hydrogen) atoms. The highest BCUT2D eigenvalue weighted by Crippen LogP contribution is 2.19.